The average Bonchev–Trinajstić information content (AvgIpc) is 2.78. The molecule has 0 aromatic heterocycles. The van der Waals surface area contributed by atoms with Crippen LogP contribution in [-0.2, 0) is 4.74 Å². The number of ether oxygens (including phenoxy) is 1. The number of hydrogen-bond donors (Lipinski definition) is 1. The Kier molecular flexibility index (Phi) is 4.88. The van der Waals surface area contributed by atoms with Crippen LogP contribution in [0.3, 0.4) is 0 Å². The molecule has 1 saturated heterocycles. The highest BCUT2D eigenvalue weighted by Crippen LogP contribution is 2.34. The zero-order valence-electron chi connectivity index (χ0n) is 11.5. The molecule has 3 unspecified atom stereocenters. The van der Waals surface area contributed by atoms with E-state index in [0.717, 1.165) is 25.5 Å². The molecule has 0 bridgehead atoms. The van der Waals surface area contributed by atoms with Crippen molar-refractivity contribution in [3.8, 4) is 0 Å². The van der Waals surface area contributed by atoms with Crippen LogP contribution in [-0.4, -0.2) is 19.3 Å². The van der Waals surface area contributed by atoms with Crippen molar-refractivity contribution < 1.29 is 13.5 Å². The van der Waals surface area contributed by atoms with Crippen LogP contribution >= 0.6 is 0 Å². The maximum Gasteiger partial charge on any atom is 0.130 e. The van der Waals surface area contributed by atoms with E-state index in [1.165, 1.54) is 6.07 Å². The second-order valence-corrected chi connectivity index (χ2v) is 5.13. The van der Waals surface area contributed by atoms with Gasteiger partial charge in [-0.15, -0.1) is 0 Å². The minimum Gasteiger partial charge on any atom is -0.378 e. The van der Waals surface area contributed by atoms with E-state index in [4.69, 9.17) is 4.74 Å². The lowest BCUT2D eigenvalue weighted by Gasteiger charge is -2.27. The smallest absolute Gasteiger partial charge is 0.130 e. The number of hydrogen-bond acceptors (Lipinski definition) is 2. The molecule has 0 radical (unpaired) electrons. The summed E-state index contributed by atoms with van der Waals surface area (Å²) in [6.07, 6.45) is 1.97. The van der Waals surface area contributed by atoms with Gasteiger partial charge in [0.25, 0.3) is 0 Å². The van der Waals surface area contributed by atoms with Crippen LogP contribution in [0.25, 0.3) is 0 Å². The molecule has 0 amide bonds. The first-order chi connectivity index (χ1) is 9.13. The average molecular weight is 269 g/mol. The Balaban J connectivity index is 2.25. The third-order valence-electron chi connectivity index (χ3n) is 3.77. The minimum absolute atomic E-state index is 0.0961. The minimum atomic E-state index is -0.536. The number of nitrogens with one attached hydrogen (secondary N) is 1. The highest BCUT2D eigenvalue weighted by atomic mass is 19.1. The van der Waals surface area contributed by atoms with E-state index in [0.29, 0.717) is 12.2 Å². The molecule has 2 rings (SSSR count). The van der Waals surface area contributed by atoms with Crippen LogP contribution in [0, 0.1) is 17.6 Å². The molecule has 1 aromatic rings. The number of halogens is 2. The van der Waals surface area contributed by atoms with Crippen LogP contribution < -0.4 is 5.32 Å². The van der Waals surface area contributed by atoms with Crippen molar-refractivity contribution >= 4 is 0 Å². The first-order valence-electron chi connectivity index (χ1n) is 6.93. The van der Waals surface area contributed by atoms with Crippen LogP contribution in [0.2, 0.25) is 0 Å². The van der Waals surface area contributed by atoms with Crippen molar-refractivity contribution in [3.05, 3.63) is 35.4 Å². The molecule has 1 aromatic carbocycles. The molecule has 1 heterocycles. The van der Waals surface area contributed by atoms with E-state index in [1.54, 1.807) is 6.07 Å². The number of rotatable bonds is 5. The molecular weight excluding hydrogens is 248 g/mol. The molecule has 0 aliphatic carbocycles. The van der Waals surface area contributed by atoms with Gasteiger partial charge in [0.05, 0.1) is 6.10 Å². The summed E-state index contributed by atoms with van der Waals surface area (Å²) in [6, 6.07) is 3.71. The Morgan fingerprint density at radius 1 is 1.42 bits per heavy atom. The van der Waals surface area contributed by atoms with Crippen LogP contribution in [0.15, 0.2) is 18.2 Å². The van der Waals surface area contributed by atoms with Crippen molar-refractivity contribution in [3.63, 3.8) is 0 Å². The summed E-state index contributed by atoms with van der Waals surface area (Å²) in [4.78, 5) is 0. The summed E-state index contributed by atoms with van der Waals surface area (Å²) in [5.41, 5.74) is 0.539. The third kappa shape index (κ3) is 3.31. The van der Waals surface area contributed by atoms with Crippen LogP contribution in [0.1, 0.15) is 38.3 Å². The highest BCUT2D eigenvalue weighted by Gasteiger charge is 2.33. The van der Waals surface area contributed by atoms with Crippen molar-refractivity contribution in [1.29, 1.82) is 0 Å². The molecule has 1 aliphatic heterocycles. The van der Waals surface area contributed by atoms with Crippen molar-refractivity contribution in [2.24, 2.45) is 5.92 Å². The quantitative estimate of drug-likeness (QED) is 0.884. The molecule has 3 atom stereocenters. The van der Waals surface area contributed by atoms with Gasteiger partial charge >= 0.3 is 0 Å². The van der Waals surface area contributed by atoms with E-state index in [1.807, 2.05) is 6.92 Å². The number of benzene rings is 1. The van der Waals surface area contributed by atoms with E-state index >= 15 is 0 Å². The molecule has 0 spiro atoms. The molecule has 2 nitrogen and oxygen atoms in total. The monoisotopic (exact) mass is 269 g/mol. The zero-order valence-corrected chi connectivity index (χ0v) is 11.5. The van der Waals surface area contributed by atoms with E-state index in [-0.39, 0.29) is 18.1 Å². The lowest BCUT2D eigenvalue weighted by Crippen LogP contribution is -2.33. The molecular formula is C15H21F2NO. The SMILES string of the molecule is CCCNC(c1ccc(F)cc1F)C1CCOC1C. The first-order valence-corrected chi connectivity index (χ1v) is 6.93. The molecule has 0 saturated carbocycles. The van der Waals surface area contributed by atoms with Gasteiger partial charge in [-0.2, -0.15) is 0 Å². The first kappa shape index (κ1) is 14.4. The Hall–Kier alpha value is -1.00. The third-order valence-corrected chi connectivity index (χ3v) is 3.77. The standard InChI is InChI=1S/C15H21F2NO/c1-3-7-18-15(12-6-8-19-10(12)2)13-5-4-11(16)9-14(13)17/h4-5,9-10,12,15,18H,3,6-8H2,1-2H3. The van der Waals surface area contributed by atoms with Gasteiger partial charge in [0, 0.05) is 30.2 Å². The maximum atomic E-state index is 14.0. The zero-order chi connectivity index (χ0) is 13.8. The molecule has 1 aliphatic rings. The fraction of sp³-hybridized carbons (Fsp3) is 0.600. The molecule has 1 fully saturated rings. The largest absolute Gasteiger partial charge is 0.378 e. The second-order valence-electron chi connectivity index (χ2n) is 5.13. The van der Waals surface area contributed by atoms with Crippen LogP contribution in [0.5, 0.6) is 0 Å². The van der Waals surface area contributed by atoms with Crippen molar-refractivity contribution in [2.75, 3.05) is 13.2 Å². The second kappa shape index (κ2) is 6.44. The Bertz CT molecular complexity index is 425. The van der Waals surface area contributed by atoms with Gasteiger partial charge < -0.3 is 10.1 Å². The lowest BCUT2D eigenvalue weighted by atomic mass is 9.88. The van der Waals surface area contributed by atoms with Gasteiger partial charge in [-0.25, -0.2) is 8.78 Å². The van der Waals surface area contributed by atoms with Crippen molar-refractivity contribution in [2.45, 2.75) is 38.8 Å². The molecule has 19 heavy (non-hydrogen) atoms. The summed E-state index contributed by atoms with van der Waals surface area (Å²) < 4.78 is 32.6. The Morgan fingerprint density at radius 3 is 2.79 bits per heavy atom. The van der Waals surface area contributed by atoms with Gasteiger partial charge in [0.1, 0.15) is 11.6 Å². The predicted octanol–water partition coefficient (Wildman–Crippen LogP) is 3.43. The van der Waals surface area contributed by atoms with E-state index in [9.17, 15) is 8.78 Å². The topological polar surface area (TPSA) is 21.3 Å². The summed E-state index contributed by atoms with van der Waals surface area (Å²) >= 11 is 0. The highest BCUT2D eigenvalue weighted by molar-refractivity contribution is 5.23. The van der Waals surface area contributed by atoms with E-state index in [2.05, 4.69) is 12.2 Å². The fourth-order valence-electron chi connectivity index (χ4n) is 2.73. The fourth-order valence-corrected chi connectivity index (χ4v) is 2.73. The summed E-state index contributed by atoms with van der Waals surface area (Å²) in [7, 11) is 0. The molecule has 1 N–H and O–H groups in total. The van der Waals surface area contributed by atoms with E-state index < -0.39 is 11.6 Å². The lowest BCUT2D eigenvalue weighted by molar-refractivity contribution is 0.0949. The molecule has 4 heteroatoms. The normalized spacial score (nSPS) is 24.6. The van der Waals surface area contributed by atoms with Gasteiger partial charge in [-0.1, -0.05) is 13.0 Å². The van der Waals surface area contributed by atoms with Crippen molar-refractivity contribution in [1.82, 2.24) is 5.32 Å². The summed E-state index contributed by atoms with van der Waals surface area (Å²) in [6.45, 7) is 5.60. The predicted molar refractivity (Wildman–Crippen MR) is 70.9 cm³/mol. The Morgan fingerprint density at radius 2 is 2.21 bits per heavy atom. The van der Waals surface area contributed by atoms with Gasteiger partial charge in [0.2, 0.25) is 0 Å². The summed E-state index contributed by atoms with van der Waals surface area (Å²) in [5.74, 6) is -0.787. The Labute approximate surface area is 113 Å². The van der Waals surface area contributed by atoms with Gasteiger partial charge in [-0.05, 0) is 32.4 Å². The van der Waals surface area contributed by atoms with Gasteiger partial charge in [0.15, 0.2) is 0 Å². The van der Waals surface area contributed by atoms with Crippen LogP contribution in [0.4, 0.5) is 8.78 Å². The van der Waals surface area contributed by atoms with Gasteiger partial charge in [-0.3, -0.25) is 0 Å². The summed E-state index contributed by atoms with van der Waals surface area (Å²) in [5, 5.41) is 3.38. The molecule has 106 valence electrons. The maximum absolute atomic E-state index is 14.0.